The van der Waals surface area contributed by atoms with Crippen LogP contribution in [0.5, 0.6) is 0 Å². The van der Waals surface area contributed by atoms with Gasteiger partial charge in [-0.05, 0) is 42.3 Å². The Morgan fingerprint density at radius 3 is 2.34 bits per heavy atom. The summed E-state index contributed by atoms with van der Waals surface area (Å²) in [6.45, 7) is 6.17. The first-order valence-electron chi connectivity index (χ1n) is 14.2. The zero-order valence-electron chi connectivity index (χ0n) is 23.6. The quantitative estimate of drug-likeness (QED) is 0.162. The van der Waals surface area contributed by atoms with Gasteiger partial charge in [-0.3, -0.25) is 14.3 Å². The van der Waals surface area contributed by atoms with Crippen molar-refractivity contribution < 1.29 is 5.11 Å². The number of halogens is 2. The van der Waals surface area contributed by atoms with Crippen LogP contribution in [-0.2, 0) is 6.54 Å². The average molecular weight is 624 g/mol. The maximum Gasteiger partial charge on any atom is 0.180 e. The summed E-state index contributed by atoms with van der Waals surface area (Å²) in [4.78, 5) is 20.5. The summed E-state index contributed by atoms with van der Waals surface area (Å²) in [6.07, 6.45) is 11.2. The number of nitrogens with zero attached hydrogens (tertiary/aromatic N) is 6. The number of aliphatic hydroxyl groups excluding tert-OH is 1. The minimum Gasteiger partial charge on any atom is -0.392 e. The summed E-state index contributed by atoms with van der Waals surface area (Å²) in [5.41, 5.74) is 6.21. The lowest BCUT2D eigenvalue weighted by molar-refractivity contribution is 0.175. The van der Waals surface area contributed by atoms with Crippen molar-refractivity contribution in [3.05, 3.63) is 107 Å². The van der Waals surface area contributed by atoms with Gasteiger partial charge in [-0.2, -0.15) is 0 Å². The van der Waals surface area contributed by atoms with Crippen molar-refractivity contribution >= 4 is 68.8 Å². The minimum absolute atomic E-state index is 0.252. The number of hydrogen-bond donors (Lipinski definition) is 3. The topological polar surface area (TPSA) is 104 Å². The molecule has 0 saturated carbocycles. The number of pyridine rings is 2. The molecular weight excluding hydrogens is 595 g/mol. The van der Waals surface area contributed by atoms with E-state index in [2.05, 4.69) is 43.1 Å². The second-order valence-electron chi connectivity index (χ2n) is 10.7. The summed E-state index contributed by atoms with van der Waals surface area (Å²) >= 11 is 14.0. The molecule has 2 aromatic carbocycles. The molecule has 1 aliphatic rings. The Bertz CT molecular complexity index is 2030. The highest BCUT2D eigenvalue weighted by atomic mass is 35.5. The lowest BCUT2D eigenvalue weighted by Crippen LogP contribution is -2.21. The fraction of sp³-hybridized carbons (Fsp3) is 0.152. The largest absolute Gasteiger partial charge is 0.392 e. The monoisotopic (exact) mass is 622 g/mol. The third-order valence-corrected chi connectivity index (χ3v) is 8.58. The smallest absolute Gasteiger partial charge is 0.180 e. The van der Waals surface area contributed by atoms with Gasteiger partial charge in [0.1, 0.15) is 5.52 Å². The van der Waals surface area contributed by atoms with Crippen molar-refractivity contribution in [1.82, 2.24) is 29.2 Å². The molecule has 11 heteroatoms. The van der Waals surface area contributed by atoms with Crippen LogP contribution < -0.4 is 10.6 Å². The number of benzene rings is 2. The van der Waals surface area contributed by atoms with Gasteiger partial charge in [-0.1, -0.05) is 54.0 Å². The molecule has 0 amide bonds. The van der Waals surface area contributed by atoms with Gasteiger partial charge in [-0.25, -0.2) is 15.0 Å². The summed E-state index contributed by atoms with van der Waals surface area (Å²) in [5.74, 6) is 1.17. The number of imidazole rings is 1. The number of nitrogens with one attached hydrogen (secondary N) is 2. The number of fused-ring (bicyclic) bond motifs is 2. The first-order chi connectivity index (χ1) is 21.5. The highest BCUT2D eigenvalue weighted by molar-refractivity contribution is 6.39. The van der Waals surface area contributed by atoms with Crippen LogP contribution >= 0.6 is 23.2 Å². The van der Waals surface area contributed by atoms with Crippen molar-refractivity contribution in [3.63, 3.8) is 0 Å². The van der Waals surface area contributed by atoms with Crippen LogP contribution in [0.4, 0.5) is 23.0 Å². The van der Waals surface area contributed by atoms with E-state index in [0.717, 1.165) is 52.8 Å². The Morgan fingerprint density at radius 2 is 1.64 bits per heavy atom. The Hall–Kier alpha value is -4.54. The lowest BCUT2D eigenvalue weighted by atomic mass is 10.0. The van der Waals surface area contributed by atoms with E-state index in [4.69, 9.17) is 28.2 Å². The molecule has 1 aliphatic heterocycles. The molecule has 0 spiro atoms. The third-order valence-electron chi connectivity index (χ3n) is 7.77. The van der Waals surface area contributed by atoms with E-state index in [1.165, 1.54) is 0 Å². The third kappa shape index (κ3) is 5.35. The molecule has 1 fully saturated rings. The molecule has 0 aliphatic carbocycles. The molecule has 9 nitrogen and oxygen atoms in total. The molecule has 44 heavy (non-hydrogen) atoms. The molecule has 3 N–H and O–H groups in total. The van der Waals surface area contributed by atoms with Gasteiger partial charge in [0.25, 0.3) is 0 Å². The van der Waals surface area contributed by atoms with E-state index in [-0.39, 0.29) is 6.10 Å². The number of rotatable bonds is 8. The van der Waals surface area contributed by atoms with Crippen molar-refractivity contribution in [2.45, 2.75) is 19.1 Å². The molecule has 0 radical (unpaired) electrons. The van der Waals surface area contributed by atoms with Gasteiger partial charge in [0.05, 0.1) is 39.4 Å². The Labute approximate surface area is 263 Å². The molecule has 4 aromatic heterocycles. The van der Waals surface area contributed by atoms with Crippen LogP contribution in [0.2, 0.25) is 10.0 Å². The maximum absolute atomic E-state index is 9.87. The summed E-state index contributed by atoms with van der Waals surface area (Å²) in [6, 6.07) is 15.5. The second-order valence-corrected chi connectivity index (χ2v) is 11.4. The van der Waals surface area contributed by atoms with E-state index in [0.29, 0.717) is 45.2 Å². The predicted molar refractivity (Wildman–Crippen MR) is 177 cm³/mol. The molecule has 5 heterocycles. The molecule has 0 bridgehead atoms. The summed E-state index contributed by atoms with van der Waals surface area (Å²) in [5, 5.41) is 18.6. The van der Waals surface area contributed by atoms with E-state index < -0.39 is 0 Å². The van der Waals surface area contributed by atoms with Crippen molar-refractivity contribution in [1.29, 1.82) is 0 Å². The fourth-order valence-electron chi connectivity index (χ4n) is 5.60. The van der Waals surface area contributed by atoms with Crippen LogP contribution in [0.25, 0.3) is 33.8 Å². The number of aromatic nitrogens is 5. The number of aliphatic hydroxyl groups is 1. The van der Waals surface area contributed by atoms with Gasteiger partial charge in [0.15, 0.2) is 17.3 Å². The Morgan fingerprint density at radius 1 is 0.909 bits per heavy atom. The number of likely N-dealkylation sites (tertiary alicyclic amines) is 1. The lowest BCUT2D eigenvalue weighted by Gasteiger charge is -2.16. The van der Waals surface area contributed by atoms with Crippen LogP contribution in [0.15, 0.2) is 86.1 Å². The van der Waals surface area contributed by atoms with Gasteiger partial charge in [0.2, 0.25) is 0 Å². The molecule has 6 aromatic rings. The molecule has 1 atom stereocenters. The zero-order chi connectivity index (χ0) is 30.2. The van der Waals surface area contributed by atoms with Crippen LogP contribution in [0.1, 0.15) is 17.7 Å². The van der Waals surface area contributed by atoms with Crippen LogP contribution in [0, 0.1) is 0 Å². The first kappa shape index (κ1) is 28.2. The SMILES string of the molecule is C=Cc1cnc2c(Nc3cccc(-c4cccc(Nc5nccc6cc(CN7CC[C@@H](O)C7)cnc56)c4Cl)c3Cl)nccn12. The van der Waals surface area contributed by atoms with Crippen molar-refractivity contribution in [2.75, 3.05) is 23.7 Å². The summed E-state index contributed by atoms with van der Waals surface area (Å²) < 4.78 is 1.90. The van der Waals surface area contributed by atoms with Crippen LogP contribution in [0.3, 0.4) is 0 Å². The standard InChI is InChI=1S/C33H28Cl2N8O/c1-2-22-17-39-33-32(37-12-14-43(22)33)41-27-8-4-6-25(29(27)35)24-5-3-7-26(28(24)34)40-31-30-21(9-11-36-31)15-20(16-38-30)18-42-13-10-23(44)19-42/h2-9,11-12,14-17,23,44H,1,10,13,18-19H2,(H,36,40)(H,37,41)/t23-/m1/s1. The second kappa shape index (κ2) is 11.9. The summed E-state index contributed by atoms with van der Waals surface area (Å²) in [7, 11) is 0. The van der Waals surface area contributed by atoms with Crippen LogP contribution in [-0.4, -0.2) is 53.5 Å². The molecule has 1 saturated heterocycles. The van der Waals surface area contributed by atoms with E-state index in [9.17, 15) is 5.11 Å². The van der Waals surface area contributed by atoms with E-state index in [1.807, 2.05) is 59.3 Å². The Balaban J connectivity index is 1.17. The minimum atomic E-state index is -0.252. The van der Waals surface area contributed by atoms with Gasteiger partial charge < -0.3 is 15.7 Å². The number of β-amino-alcohol motifs (C(OH)–C–C–N with tert-alkyl or cyclic N) is 1. The average Bonchev–Trinajstić information content (AvgIpc) is 3.65. The van der Waals surface area contributed by atoms with Crippen molar-refractivity contribution in [2.24, 2.45) is 0 Å². The molecule has 7 rings (SSSR count). The molecule has 220 valence electrons. The highest BCUT2D eigenvalue weighted by Crippen LogP contribution is 2.41. The van der Waals surface area contributed by atoms with Gasteiger partial charge >= 0.3 is 0 Å². The van der Waals surface area contributed by atoms with E-state index in [1.54, 1.807) is 24.7 Å². The van der Waals surface area contributed by atoms with Crippen molar-refractivity contribution in [3.8, 4) is 11.1 Å². The highest BCUT2D eigenvalue weighted by Gasteiger charge is 2.21. The number of hydrogen-bond acceptors (Lipinski definition) is 8. The predicted octanol–water partition coefficient (Wildman–Crippen LogP) is 7.34. The normalized spacial score (nSPS) is 15.2. The van der Waals surface area contributed by atoms with Gasteiger partial charge in [-0.15, -0.1) is 0 Å². The maximum atomic E-state index is 9.87. The fourth-order valence-corrected chi connectivity index (χ4v) is 6.15. The van der Waals surface area contributed by atoms with Gasteiger partial charge in [0, 0.05) is 60.9 Å². The van der Waals surface area contributed by atoms with E-state index >= 15 is 0 Å². The Kier molecular flexibility index (Phi) is 7.61. The zero-order valence-corrected chi connectivity index (χ0v) is 25.1. The number of anilines is 4. The molecule has 0 unspecified atom stereocenters. The first-order valence-corrected chi connectivity index (χ1v) is 14.9. The molecular formula is C33H28Cl2N8O.